The van der Waals surface area contributed by atoms with E-state index in [-0.39, 0.29) is 24.0 Å². The Hall–Kier alpha value is -2.77. The van der Waals surface area contributed by atoms with Crippen LogP contribution in [0.15, 0.2) is 30.5 Å². The summed E-state index contributed by atoms with van der Waals surface area (Å²) in [5.74, 6) is -1.93. The van der Waals surface area contributed by atoms with Crippen LogP contribution >= 0.6 is 0 Å². The fourth-order valence-corrected chi connectivity index (χ4v) is 2.23. The van der Waals surface area contributed by atoms with Crippen LogP contribution in [0.5, 0.6) is 0 Å². The van der Waals surface area contributed by atoms with Crippen LogP contribution < -0.4 is 5.32 Å². The molecule has 2 rings (SSSR count). The number of rotatable bonds is 7. The van der Waals surface area contributed by atoms with Crippen molar-refractivity contribution in [1.29, 1.82) is 0 Å². The topological polar surface area (TPSA) is 97.1 Å². The zero-order valence-corrected chi connectivity index (χ0v) is 13.4. The first-order valence-electron chi connectivity index (χ1n) is 7.53. The molecule has 0 bridgehead atoms. The number of halogens is 1. The van der Waals surface area contributed by atoms with Crippen LogP contribution in [0.25, 0.3) is 0 Å². The summed E-state index contributed by atoms with van der Waals surface area (Å²) in [4.78, 5) is 23.3. The number of hydrogen-bond donors (Lipinski definition) is 2. The molecule has 0 aliphatic rings. The summed E-state index contributed by atoms with van der Waals surface area (Å²) < 4.78 is 14.6. The van der Waals surface area contributed by atoms with Crippen LogP contribution in [0.3, 0.4) is 0 Å². The van der Waals surface area contributed by atoms with Crippen molar-refractivity contribution in [3.63, 3.8) is 0 Å². The number of amides is 1. The van der Waals surface area contributed by atoms with Crippen molar-refractivity contribution in [2.24, 2.45) is 5.92 Å². The van der Waals surface area contributed by atoms with Crippen molar-refractivity contribution in [1.82, 2.24) is 20.3 Å². The Morgan fingerprint density at radius 3 is 2.75 bits per heavy atom. The van der Waals surface area contributed by atoms with Crippen LogP contribution in [0.4, 0.5) is 4.39 Å². The van der Waals surface area contributed by atoms with Crippen LogP contribution in [0.2, 0.25) is 0 Å². The van der Waals surface area contributed by atoms with Gasteiger partial charge in [0.2, 0.25) is 0 Å². The average molecular weight is 334 g/mol. The lowest BCUT2D eigenvalue weighted by Crippen LogP contribution is -2.41. The van der Waals surface area contributed by atoms with E-state index in [0.717, 1.165) is 0 Å². The van der Waals surface area contributed by atoms with E-state index in [2.05, 4.69) is 15.6 Å². The molecule has 1 heterocycles. The fraction of sp³-hybridized carbons (Fsp3) is 0.375. The van der Waals surface area contributed by atoms with Gasteiger partial charge in [-0.3, -0.25) is 4.79 Å². The molecule has 1 atom stereocenters. The van der Waals surface area contributed by atoms with Gasteiger partial charge >= 0.3 is 5.97 Å². The predicted octanol–water partition coefficient (Wildman–Crippen LogP) is 1.69. The molecule has 0 unspecified atom stereocenters. The Morgan fingerprint density at radius 1 is 1.38 bits per heavy atom. The van der Waals surface area contributed by atoms with Crippen molar-refractivity contribution in [3.8, 4) is 0 Å². The van der Waals surface area contributed by atoms with Crippen LogP contribution in [-0.2, 0) is 11.3 Å². The van der Waals surface area contributed by atoms with Crippen molar-refractivity contribution in [3.05, 3.63) is 47.5 Å². The van der Waals surface area contributed by atoms with Gasteiger partial charge < -0.3 is 10.4 Å². The molecule has 7 nitrogen and oxygen atoms in total. The summed E-state index contributed by atoms with van der Waals surface area (Å²) in [5.41, 5.74) is 0.691. The predicted molar refractivity (Wildman–Crippen MR) is 83.9 cm³/mol. The smallest absolute Gasteiger partial charge is 0.326 e. The second kappa shape index (κ2) is 7.67. The number of carbonyl (C=O) groups excluding carboxylic acids is 1. The average Bonchev–Trinajstić information content (AvgIpc) is 2.94. The third-order valence-corrected chi connectivity index (χ3v) is 3.32. The second-order valence-corrected chi connectivity index (χ2v) is 5.93. The summed E-state index contributed by atoms with van der Waals surface area (Å²) >= 11 is 0. The second-order valence-electron chi connectivity index (χ2n) is 5.93. The first-order valence-corrected chi connectivity index (χ1v) is 7.53. The Kier molecular flexibility index (Phi) is 5.62. The molecule has 0 spiro atoms. The van der Waals surface area contributed by atoms with E-state index in [1.165, 1.54) is 23.0 Å². The van der Waals surface area contributed by atoms with Crippen molar-refractivity contribution >= 4 is 11.9 Å². The summed E-state index contributed by atoms with van der Waals surface area (Å²) in [6.45, 7) is 4.00. The number of carboxylic acids is 1. The molecule has 2 N–H and O–H groups in total. The number of aliphatic carboxylic acids is 1. The molecular formula is C16H19FN4O3. The molecule has 8 heteroatoms. The lowest BCUT2D eigenvalue weighted by atomic mass is 10.0. The maximum Gasteiger partial charge on any atom is 0.326 e. The molecule has 0 radical (unpaired) electrons. The van der Waals surface area contributed by atoms with Gasteiger partial charge in [-0.2, -0.15) is 0 Å². The number of benzene rings is 1. The van der Waals surface area contributed by atoms with E-state index in [1.807, 2.05) is 13.8 Å². The number of carboxylic acid groups (broad SMARTS) is 1. The summed E-state index contributed by atoms with van der Waals surface area (Å²) in [5, 5.41) is 19.1. The largest absolute Gasteiger partial charge is 0.480 e. The maximum atomic E-state index is 13.2. The number of nitrogens with zero attached hydrogens (tertiary/aromatic N) is 3. The molecular weight excluding hydrogens is 315 g/mol. The van der Waals surface area contributed by atoms with Crippen molar-refractivity contribution in [2.45, 2.75) is 32.9 Å². The lowest BCUT2D eigenvalue weighted by molar-refractivity contribution is -0.139. The van der Waals surface area contributed by atoms with E-state index >= 15 is 0 Å². The maximum absolute atomic E-state index is 13.2. The molecule has 1 aromatic heterocycles. The summed E-state index contributed by atoms with van der Waals surface area (Å²) in [6.07, 6.45) is 1.72. The Balaban J connectivity index is 2.03. The third kappa shape index (κ3) is 4.87. The van der Waals surface area contributed by atoms with E-state index in [0.29, 0.717) is 12.0 Å². The van der Waals surface area contributed by atoms with Gasteiger partial charge in [-0.1, -0.05) is 31.2 Å². The van der Waals surface area contributed by atoms with Gasteiger partial charge in [-0.15, -0.1) is 5.10 Å². The normalized spacial score (nSPS) is 12.2. The van der Waals surface area contributed by atoms with Gasteiger partial charge in [0.1, 0.15) is 11.9 Å². The summed E-state index contributed by atoms with van der Waals surface area (Å²) in [6, 6.07) is 5.03. The number of carbonyl (C=O) groups is 2. The Labute approximate surface area is 138 Å². The molecule has 128 valence electrons. The minimum absolute atomic E-state index is 0.0152. The highest BCUT2D eigenvalue weighted by atomic mass is 19.1. The minimum Gasteiger partial charge on any atom is -0.480 e. The number of aromatic nitrogens is 3. The molecule has 1 aromatic carbocycles. The zero-order valence-electron chi connectivity index (χ0n) is 13.4. The fourth-order valence-electron chi connectivity index (χ4n) is 2.23. The van der Waals surface area contributed by atoms with Gasteiger partial charge in [0.05, 0.1) is 12.7 Å². The van der Waals surface area contributed by atoms with Gasteiger partial charge in [-0.05, 0) is 30.0 Å². The van der Waals surface area contributed by atoms with Crippen LogP contribution in [0.1, 0.15) is 36.3 Å². The highest BCUT2D eigenvalue weighted by Gasteiger charge is 2.23. The monoisotopic (exact) mass is 334 g/mol. The molecule has 24 heavy (non-hydrogen) atoms. The molecule has 0 aliphatic carbocycles. The SMILES string of the molecule is CC(C)C[C@@H](NC(=O)c1cn(Cc2cccc(F)c2)nn1)C(=O)O. The van der Waals surface area contributed by atoms with Crippen molar-refractivity contribution < 1.29 is 19.1 Å². The highest BCUT2D eigenvalue weighted by Crippen LogP contribution is 2.08. The third-order valence-electron chi connectivity index (χ3n) is 3.32. The summed E-state index contributed by atoms with van der Waals surface area (Å²) in [7, 11) is 0. The molecule has 0 saturated carbocycles. The molecule has 2 aromatic rings. The number of nitrogens with one attached hydrogen (secondary N) is 1. The number of hydrogen-bond acceptors (Lipinski definition) is 4. The quantitative estimate of drug-likeness (QED) is 0.803. The Morgan fingerprint density at radius 2 is 2.12 bits per heavy atom. The first kappa shape index (κ1) is 17.6. The lowest BCUT2D eigenvalue weighted by Gasteiger charge is -2.15. The molecule has 1 amide bonds. The van der Waals surface area contributed by atoms with E-state index in [4.69, 9.17) is 5.11 Å². The van der Waals surface area contributed by atoms with Crippen LogP contribution in [-0.4, -0.2) is 38.0 Å². The van der Waals surface area contributed by atoms with E-state index < -0.39 is 17.9 Å². The highest BCUT2D eigenvalue weighted by molar-refractivity contribution is 5.94. The van der Waals surface area contributed by atoms with Gasteiger partial charge in [0.15, 0.2) is 5.69 Å². The Bertz CT molecular complexity index is 730. The zero-order chi connectivity index (χ0) is 17.7. The van der Waals surface area contributed by atoms with E-state index in [1.54, 1.807) is 12.1 Å². The molecule has 0 fully saturated rings. The molecule has 0 saturated heterocycles. The molecule has 0 aliphatic heterocycles. The van der Waals surface area contributed by atoms with Gasteiger partial charge in [0.25, 0.3) is 5.91 Å². The van der Waals surface area contributed by atoms with Crippen molar-refractivity contribution in [2.75, 3.05) is 0 Å². The minimum atomic E-state index is -1.09. The first-order chi connectivity index (χ1) is 11.3. The van der Waals surface area contributed by atoms with E-state index in [9.17, 15) is 14.0 Å². The standard InChI is InChI=1S/C16H19FN4O3/c1-10(2)6-13(16(23)24)18-15(22)14-9-21(20-19-14)8-11-4-3-5-12(17)7-11/h3-5,7,9-10,13H,6,8H2,1-2H3,(H,18,22)(H,23,24)/t13-/m1/s1. The van der Waals surface area contributed by atoms with Gasteiger partial charge in [-0.25, -0.2) is 13.9 Å². The van der Waals surface area contributed by atoms with Crippen LogP contribution in [0, 0.1) is 11.7 Å². The van der Waals surface area contributed by atoms with Gasteiger partial charge in [0, 0.05) is 0 Å².